The van der Waals surface area contributed by atoms with Gasteiger partial charge in [0.05, 0.1) is 6.04 Å². The van der Waals surface area contributed by atoms with E-state index in [9.17, 15) is 39.9 Å². The number of aliphatic carboxylic acids is 1. The minimum absolute atomic E-state index is 0.0333. The molecule has 0 unspecified atom stereocenters. The summed E-state index contributed by atoms with van der Waals surface area (Å²) in [6.45, 7) is -1.79. The number of hydrogen-bond acceptors (Lipinski definition) is 3. The Hall–Kier alpha value is -2.44. The van der Waals surface area contributed by atoms with Gasteiger partial charge in [0, 0.05) is 12.5 Å². The average molecular weight is 436 g/mol. The Morgan fingerprint density at radius 2 is 1.69 bits per heavy atom. The third-order valence-corrected chi connectivity index (χ3v) is 3.93. The molecule has 1 heterocycles. The number of amides is 1. The summed E-state index contributed by atoms with van der Waals surface area (Å²) in [5, 5.41) is 7.12. The van der Waals surface area contributed by atoms with Crippen LogP contribution in [-0.2, 0) is 9.59 Å². The van der Waals surface area contributed by atoms with Gasteiger partial charge in [-0.25, -0.2) is 13.6 Å². The topological polar surface area (TPSA) is 83.6 Å². The second kappa shape index (κ2) is 9.37. The van der Waals surface area contributed by atoms with Crippen LogP contribution in [0.4, 0.5) is 35.1 Å². The van der Waals surface area contributed by atoms with Crippen molar-refractivity contribution < 1.29 is 49.8 Å². The van der Waals surface area contributed by atoms with E-state index in [-0.39, 0.29) is 24.9 Å². The molecule has 1 saturated heterocycles. The predicted molar refractivity (Wildman–Crippen MR) is 82.6 cm³/mol. The largest absolute Gasteiger partial charge is 0.490 e. The van der Waals surface area contributed by atoms with Crippen LogP contribution in [0.1, 0.15) is 24.3 Å². The molecule has 29 heavy (non-hydrogen) atoms. The van der Waals surface area contributed by atoms with E-state index in [2.05, 4.69) is 0 Å². The molecule has 5 nitrogen and oxygen atoms in total. The fourth-order valence-electron chi connectivity index (χ4n) is 2.63. The molecule has 1 aromatic rings. The van der Waals surface area contributed by atoms with Crippen molar-refractivity contribution in [1.82, 2.24) is 4.90 Å². The van der Waals surface area contributed by atoms with Gasteiger partial charge in [-0.3, -0.25) is 4.79 Å². The summed E-state index contributed by atoms with van der Waals surface area (Å²) in [6, 6.07) is 2.47. The van der Waals surface area contributed by atoms with Crippen LogP contribution in [0.3, 0.4) is 0 Å². The minimum atomic E-state index is -5.08. The molecule has 13 heteroatoms. The van der Waals surface area contributed by atoms with Crippen molar-refractivity contribution in [3.05, 3.63) is 35.4 Å². The Labute approximate surface area is 159 Å². The Morgan fingerprint density at radius 1 is 1.14 bits per heavy atom. The molecular formula is C16H16F8N2O3. The van der Waals surface area contributed by atoms with Crippen LogP contribution in [0.25, 0.3) is 0 Å². The summed E-state index contributed by atoms with van der Waals surface area (Å²) in [4.78, 5) is 21.4. The summed E-state index contributed by atoms with van der Waals surface area (Å²) < 4.78 is 96.6. The zero-order valence-corrected chi connectivity index (χ0v) is 14.5. The van der Waals surface area contributed by atoms with E-state index in [0.29, 0.717) is 4.90 Å². The zero-order valence-electron chi connectivity index (χ0n) is 14.5. The maximum Gasteiger partial charge on any atom is 0.490 e. The summed E-state index contributed by atoms with van der Waals surface area (Å²) in [6.07, 6.45) is -9.33. The van der Waals surface area contributed by atoms with Crippen molar-refractivity contribution in [3.63, 3.8) is 0 Å². The van der Waals surface area contributed by atoms with Gasteiger partial charge in [-0.15, -0.1) is 0 Å². The third kappa shape index (κ3) is 7.48. The van der Waals surface area contributed by atoms with Gasteiger partial charge in [0.2, 0.25) is 5.91 Å². The molecule has 0 aliphatic carbocycles. The molecule has 0 aromatic heterocycles. The molecule has 1 aromatic carbocycles. The van der Waals surface area contributed by atoms with Crippen molar-refractivity contribution in [2.45, 2.75) is 37.2 Å². The van der Waals surface area contributed by atoms with E-state index in [1.807, 2.05) is 0 Å². The Bertz CT molecular complexity index is 736. The number of carboxylic acids is 1. The first kappa shape index (κ1) is 24.6. The first-order valence-corrected chi connectivity index (χ1v) is 7.98. The fraction of sp³-hybridized carbons (Fsp3) is 0.500. The molecule has 0 saturated carbocycles. The van der Waals surface area contributed by atoms with Crippen molar-refractivity contribution in [1.29, 1.82) is 0 Å². The van der Waals surface area contributed by atoms with Crippen LogP contribution in [-0.4, -0.2) is 53.4 Å². The van der Waals surface area contributed by atoms with Crippen LogP contribution < -0.4 is 5.73 Å². The quantitative estimate of drug-likeness (QED) is 0.698. The van der Waals surface area contributed by atoms with E-state index < -0.39 is 54.4 Å². The standard InChI is InChI=1S/C14H15F5N2O.C2HF3O2/c15-10-3-1-2-9(12(10)16)8-4-5-11(20)13(22)21(6-8)7-14(17,18)19;3-2(4,5)1(6)7/h1-3,8,11H,4-7,20H2;(H,6,7)/t8-,11-;/m1./s1. The number of alkyl halides is 6. The summed E-state index contributed by atoms with van der Waals surface area (Å²) in [5.74, 6) is -6.47. The molecule has 0 bridgehead atoms. The first-order chi connectivity index (χ1) is 13.1. The molecule has 1 amide bonds. The lowest BCUT2D eigenvalue weighted by atomic mass is 9.93. The number of rotatable bonds is 2. The third-order valence-electron chi connectivity index (χ3n) is 3.93. The van der Waals surface area contributed by atoms with Crippen molar-refractivity contribution in [2.75, 3.05) is 13.1 Å². The zero-order chi connectivity index (χ0) is 22.6. The Kier molecular flexibility index (Phi) is 7.95. The molecular weight excluding hydrogens is 420 g/mol. The SMILES string of the molecule is N[C@@H]1CC[C@@H](c2cccc(F)c2F)CN(CC(F)(F)F)C1=O.O=C(O)C(F)(F)F. The number of nitrogens with zero attached hydrogens (tertiary/aromatic N) is 1. The Morgan fingerprint density at radius 3 is 2.17 bits per heavy atom. The number of nitrogens with two attached hydrogens (primary N) is 1. The Balaban J connectivity index is 0.000000516. The summed E-state index contributed by atoms with van der Waals surface area (Å²) >= 11 is 0. The molecule has 0 spiro atoms. The van der Waals surface area contributed by atoms with E-state index in [0.717, 1.165) is 6.07 Å². The number of likely N-dealkylation sites (tertiary alicyclic amines) is 1. The number of carbonyl (C=O) groups is 2. The van der Waals surface area contributed by atoms with Gasteiger partial charge in [0.1, 0.15) is 6.54 Å². The van der Waals surface area contributed by atoms with Gasteiger partial charge < -0.3 is 15.7 Å². The van der Waals surface area contributed by atoms with Crippen molar-refractivity contribution >= 4 is 11.9 Å². The summed E-state index contributed by atoms with van der Waals surface area (Å²) in [5.41, 5.74) is 5.54. The van der Waals surface area contributed by atoms with Crippen LogP contribution in [0, 0.1) is 11.6 Å². The second-order valence-corrected chi connectivity index (χ2v) is 6.16. The lowest BCUT2D eigenvalue weighted by Crippen LogP contribution is -2.46. The number of carboxylic acid groups (broad SMARTS) is 1. The molecule has 0 radical (unpaired) electrons. The molecule has 2 rings (SSSR count). The summed E-state index contributed by atoms with van der Waals surface area (Å²) in [7, 11) is 0. The van der Waals surface area contributed by atoms with Crippen LogP contribution >= 0.6 is 0 Å². The first-order valence-electron chi connectivity index (χ1n) is 7.98. The highest BCUT2D eigenvalue weighted by Gasteiger charge is 2.39. The van der Waals surface area contributed by atoms with E-state index in [1.54, 1.807) is 0 Å². The van der Waals surface area contributed by atoms with E-state index >= 15 is 0 Å². The number of carbonyl (C=O) groups excluding carboxylic acids is 1. The lowest BCUT2D eigenvalue weighted by Gasteiger charge is -2.26. The maximum absolute atomic E-state index is 13.8. The fourth-order valence-corrected chi connectivity index (χ4v) is 2.63. The molecule has 1 aliphatic rings. The van der Waals surface area contributed by atoms with Crippen molar-refractivity contribution in [3.8, 4) is 0 Å². The van der Waals surface area contributed by atoms with E-state index in [4.69, 9.17) is 15.6 Å². The highest BCUT2D eigenvalue weighted by Crippen LogP contribution is 2.31. The monoisotopic (exact) mass is 436 g/mol. The normalized spacial score (nSPS) is 20.6. The molecule has 2 atom stereocenters. The van der Waals surface area contributed by atoms with E-state index in [1.165, 1.54) is 12.1 Å². The highest BCUT2D eigenvalue weighted by molar-refractivity contribution is 5.82. The second-order valence-electron chi connectivity index (χ2n) is 6.16. The van der Waals surface area contributed by atoms with Gasteiger partial charge in [-0.05, 0) is 24.5 Å². The minimum Gasteiger partial charge on any atom is -0.475 e. The predicted octanol–water partition coefficient (Wildman–Crippen LogP) is 3.19. The van der Waals surface area contributed by atoms with Gasteiger partial charge in [0.25, 0.3) is 0 Å². The van der Waals surface area contributed by atoms with Gasteiger partial charge >= 0.3 is 18.3 Å². The van der Waals surface area contributed by atoms with Crippen molar-refractivity contribution in [2.24, 2.45) is 5.73 Å². The highest BCUT2D eigenvalue weighted by atomic mass is 19.4. The molecule has 1 aliphatic heterocycles. The average Bonchev–Trinajstić information content (AvgIpc) is 2.69. The van der Waals surface area contributed by atoms with Crippen LogP contribution in [0.5, 0.6) is 0 Å². The molecule has 1 fully saturated rings. The van der Waals surface area contributed by atoms with Gasteiger partial charge in [0.15, 0.2) is 11.6 Å². The van der Waals surface area contributed by atoms with Crippen LogP contribution in [0.2, 0.25) is 0 Å². The maximum atomic E-state index is 13.8. The number of hydrogen-bond donors (Lipinski definition) is 2. The molecule has 164 valence electrons. The lowest BCUT2D eigenvalue weighted by molar-refractivity contribution is -0.192. The van der Waals surface area contributed by atoms with Gasteiger partial charge in [-0.2, -0.15) is 26.3 Å². The number of halogens is 8. The smallest absolute Gasteiger partial charge is 0.475 e. The number of benzene rings is 1. The molecule has 3 N–H and O–H groups in total. The van der Waals surface area contributed by atoms with Crippen LogP contribution in [0.15, 0.2) is 18.2 Å². The van der Waals surface area contributed by atoms with Gasteiger partial charge in [-0.1, -0.05) is 12.1 Å².